The van der Waals surface area contributed by atoms with Gasteiger partial charge in [0.15, 0.2) is 0 Å². The highest BCUT2D eigenvalue weighted by molar-refractivity contribution is 7.85. The second-order valence-corrected chi connectivity index (χ2v) is 4.74. The number of amides is 1. The van der Waals surface area contributed by atoms with Crippen LogP contribution in [0.4, 0.5) is 0 Å². The third kappa shape index (κ3) is 4.64. The van der Waals surface area contributed by atoms with Crippen LogP contribution in [0.3, 0.4) is 0 Å². The summed E-state index contributed by atoms with van der Waals surface area (Å²) < 4.78 is 29.5. The minimum absolute atomic E-state index is 0.500. The van der Waals surface area contributed by atoms with Crippen molar-refractivity contribution in [3.8, 4) is 0 Å². The second-order valence-electron chi connectivity index (χ2n) is 3.29. The van der Waals surface area contributed by atoms with Crippen LogP contribution in [0.1, 0.15) is 13.8 Å². The highest BCUT2D eigenvalue weighted by Crippen LogP contribution is 2.17. The molecule has 0 aromatic carbocycles. The molecule has 5 nitrogen and oxygen atoms in total. The Morgan fingerprint density at radius 1 is 1.62 bits per heavy atom. The van der Waals surface area contributed by atoms with Crippen molar-refractivity contribution in [2.75, 3.05) is 5.75 Å². The lowest BCUT2D eigenvalue weighted by atomic mass is 9.95. The molecule has 0 rings (SSSR count). The zero-order valence-electron chi connectivity index (χ0n) is 7.57. The van der Waals surface area contributed by atoms with Crippen LogP contribution >= 0.6 is 0 Å². The zero-order chi connectivity index (χ0) is 10.7. The summed E-state index contributed by atoms with van der Waals surface area (Å²) >= 11 is 0. The predicted molar refractivity (Wildman–Crippen MR) is 48.5 cm³/mol. The van der Waals surface area contributed by atoms with E-state index in [-0.39, 0.29) is 0 Å². The van der Waals surface area contributed by atoms with Gasteiger partial charge in [-0.15, -0.1) is 0 Å². The first-order valence-corrected chi connectivity index (χ1v) is 5.17. The third-order valence-corrected chi connectivity index (χ3v) is 2.48. The number of carbonyl (C=O) groups excluding carboxylic acids is 1. The van der Waals surface area contributed by atoms with Crippen LogP contribution in [0.15, 0.2) is 12.8 Å². The van der Waals surface area contributed by atoms with Crippen LogP contribution in [-0.4, -0.2) is 24.6 Å². The molecule has 0 bridgehead atoms. The largest absolute Gasteiger partial charge is 0.333 e. The standard InChI is InChI=1S/C7H13NO4S/c1-4-8-6(9)7(2,3)5-13(10,11)12/h4H,1,5H2,2-3H3,(H,8,9)(H,10,11,12). The summed E-state index contributed by atoms with van der Waals surface area (Å²) in [6.45, 7) is 6.10. The summed E-state index contributed by atoms with van der Waals surface area (Å²) in [5.41, 5.74) is -1.16. The molecule has 0 aliphatic carbocycles. The van der Waals surface area contributed by atoms with Crippen LogP contribution in [0.2, 0.25) is 0 Å². The summed E-state index contributed by atoms with van der Waals surface area (Å²) in [6.07, 6.45) is 1.16. The Hall–Kier alpha value is -0.880. The molecule has 1 amide bonds. The average Bonchev–Trinajstić information content (AvgIpc) is 1.82. The smallest absolute Gasteiger partial charge is 0.265 e. The van der Waals surface area contributed by atoms with Gasteiger partial charge in [0.2, 0.25) is 5.91 Å². The van der Waals surface area contributed by atoms with Gasteiger partial charge in [0.25, 0.3) is 10.1 Å². The van der Waals surface area contributed by atoms with Crippen LogP contribution in [-0.2, 0) is 14.9 Å². The molecule has 0 aliphatic rings. The first-order valence-electron chi connectivity index (χ1n) is 3.56. The first kappa shape index (κ1) is 12.1. The lowest BCUT2D eigenvalue weighted by Gasteiger charge is -2.20. The van der Waals surface area contributed by atoms with E-state index < -0.39 is 27.2 Å². The van der Waals surface area contributed by atoms with Gasteiger partial charge < -0.3 is 5.32 Å². The summed E-state index contributed by atoms with van der Waals surface area (Å²) in [7, 11) is -4.14. The lowest BCUT2D eigenvalue weighted by Crippen LogP contribution is -2.39. The Bertz CT molecular complexity index is 304. The molecular formula is C7H13NO4S. The molecule has 2 N–H and O–H groups in total. The monoisotopic (exact) mass is 207 g/mol. The zero-order valence-corrected chi connectivity index (χ0v) is 8.39. The molecule has 6 heteroatoms. The predicted octanol–water partition coefficient (Wildman–Crippen LogP) is 0.160. The fourth-order valence-corrected chi connectivity index (χ4v) is 1.85. The van der Waals surface area contributed by atoms with Crippen molar-refractivity contribution in [3.05, 3.63) is 12.8 Å². The Balaban J connectivity index is 4.57. The van der Waals surface area contributed by atoms with E-state index in [1.165, 1.54) is 13.8 Å². The van der Waals surface area contributed by atoms with Gasteiger partial charge >= 0.3 is 0 Å². The Kier molecular flexibility index (Phi) is 3.62. The molecule has 76 valence electrons. The molecule has 0 spiro atoms. The minimum atomic E-state index is -4.14. The topological polar surface area (TPSA) is 83.5 Å². The Labute approximate surface area is 77.6 Å². The summed E-state index contributed by atoms with van der Waals surface area (Å²) in [5.74, 6) is -1.11. The molecule has 0 atom stereocenters. The fraction of sp³-hybridized carbons (Fsp3) is 0.571. The first-order chi connectivity index (χ1) is 5.69. The van der Waals surface area contributed by atoms with E-state index in [0.29, 0.717) is 0 Å². The van der Waals surface area contributed by atoms with Crippen molar-refractivity contribution < 1.29 is 17.8 Å². The normalized spacial score (nSPS) is 12.2. The summed E-state index contributed by atoms with van der Waals surface area (Å²) in [6, 6.07) is 0. The van der Waals surface area contributed by atoms with E-state index in [2.05, 4.69) is 11.9 Å². The van der Waals surface area contributed by atoms with E-state index >= 15 is 0 Å². The van der Waals surface area contributed by atoms with Gasteiger partial charge in [-0.05, 0) is 20.0 Å². The van der Waals surface area contributed by atoms with Crippen LogP contribution in [0.25, 0.3) is 0 Å². The van der Waals surface area contributed by atoms with Crippen molar-refractivity contribution >= 4 is 16.0 Å². The van der Waals surface area contributed by atoms with E-state index in [1.54, 1.807) is 0 Å². The molecule has 0 radical (unpaired) electrons. The number of hydrogen-bond donors (Lipinski definition) is 2. The van der Waals surface area contributed by atoms with Crippen LogP contribution in [0.5, 0.6) is 0 Å². The van der Waals surface area contributed by atoms with Crippen molar-refractivity contribution in [1.82, 2.24) is 5.32 Å². The number of nitrogens with one attached hydrogen (secondary N) is 1. The maximum absolute atomic E-state index is 11.2. The van der Waals surface area contributed by atoms with Crippen LogP contribution < -0.4 is 5.32 Å². The fourth-order valence-electron chi connectivity index (χ4n) is 0.810. The van der Waals surface area contributed by atoms with E-state index in [1.807, 2.05) is 0 Å². The average molecular weight is 207 g/mol. The SMILES string of the molecule is C=CNC(=O)C(C)(C)CS(=O)(=O)O. The van der Waals surface area contributed by atoms with Crippen molar-refractivity contribution in [2.45, 2.75) is 13.8 Å². The number of rotatable bonds is 4. The summed E-state index contributed by atoms with van der Waals surface area (Å²) in [5, 5.41) is 2.26. The van der Waals surface area contributed by atoms with Gasteiger partial charge in [0.05, 0.1) is 11.2 Å². The van der Waals surface area contributed by atoms with Gasteiger partial charge in [-0.2, -0.15) is 8.42 Å². The number of carbonyl (C=O) groups is 1. The molecule has 0 saturated carbocycles. The van der Waals surface area contributed by atoms with Gasteiger partial charge in [0, 0.05) is 0 Å². The molecule has 0 aliphatic heterocycles. The van der Waals surface area contributed by atoms with Crippen molar-refractivity contribution in [2.24, 2.45) is 5.41 Å². The van der Waals surface area contributed by atoms with Gasteiger partial charge in [-0.25, -0.2) is 0 Å². The maximum Gasteiger partial charge on any atom is 0.265 e. The molecule has 0 unspecified atom stereocenters. The Morgan fingerprint density at radius 3 is 2.38 bits per heavy atom. The molecule has 13 heavy (non-hydrogen) atoms. The third-order valence-electron chi connectivity index (χ3n) is 1.39. The molecular weight excluding hydrogens is 194 g/mol. The molecule has 0 aromatic heterocycles. The molecule has 0 heterocycles. The van der Waals surface area contributed by atoms with Crippen molar-refractivity contribution in [3.63, 3.8) is 0 Å². The van der Waals surface area contributed by atoms with E-state index in [4.69, 9.17) is 4.55 Å². The quantitative estimate of drug-likeness (QED) is 0.643. The Morgan fingerprint density at radius 2 is 2.08 bits per heavy atom. The second kappa shape index (κ2) is 3.89. The van der Waals surface area contributed by atoms with E-state index in [9.17, 15) is 13.2 Å². The van der Waals surface area contributed by atoms with Crippen LogP contribution in [0, 0.1) is 5.41 Å². The maximum atomic E-state index is 11.2. The van der Waals surface area contributed by atoms with Gasteiger partial charge in [-0.1, -0.05) is 6.58 Å². The molecule has 0 saturated heterocycles. The summed E-state index contributed by atoms with van der Waals surface area (Å²) in [4.78, 5) is 11.2. The highest BCUT2D eigenvalue weighted by Gasteiger charge is 2.32. The van der Waals surface area contributed by atoms with Gasteiger partial charge in [-0.3, -0.25) is 9.35 Å². The minimum Gasteiger partial charge on any atom is -0.333 e. The lowest BCUT2D eigenvalue weighted by molar-refractivity contribution is -0.127. The van der Waals surface area contributed by atoms with Gasteiger partial charge in [0.1, 0.15) is 0 Å². The number of hydrogen-bond acceptors (Lipinski definition) is 3. The van der Waals surface area contributed by atoms with E-state index in [0.717, 1.165) is 6.20 Å². The molecule has 0 aromatic rings. The highest BCUT2D eigenvalue weighted by atomic mass is 32.2. The van der Waals surface area contributed by atoms with Crippen molar-refractivity contribution in [1.29, 1.82) is 0 Å². The molecule has 0 fully saturated rings.